The number of carbonyl (C=O) groups excluding carboxylic acids is 1. The molecule has 0 saturated carbocycles. The van der Waals surface area contributed by atoms with Crippen molar-refractivity contribution < 1.29 is 9.53 Å². The van der Waals surface area contributed by atoms with Crippen LogP contribution in [-0.2, 0) is 0 Å². The number of ether oxygens (including phenoxy) is 1. The first-order valence-electron chi connectivity index (χ1n) is 10.4. The van der Waals surface area contributed by atoms with Crippen molar-refractivity contribution in [1.82, 2.24) is 24.5 Å². The number of benzene rings is 1. The van der Waals surface area contributed by atoms with E-state index in [1.807, 2.05) is 54.4 Å². The molecule has 1 fully saturated rings. The molecule has 4 aromatic rings. The van der Waals surface area contributed by atoms with Gasteiger partial charge in [0, 0.05) is 36.1 Å². The highest BCUT2D eigenvalue weighted by molar-refractivity contribution is 6.05. The molecule has 1 aromatic carbocycles. The zero-order valence-electron chi connectivity index (χ0n) is 17.2. The SMILES string of the molecule is Cc1cn2nc(OCC3CCN(C(=O)c4cc(=O)[nH]c5ccccc45)CC3)ccc2n1. The van der Waals surface area contributed by atoms with Crippen LogP contribution < -0.4 is 10.3 Å². The molecule has 4 heterocycles. The highest BCUT2D eigenvalue weighted by atomic mass is 16.5. The van der Waals surface area contributed by atoms with Gasteiger partial charge in [0.25, 0.3) is 5.91 Å². The van der Waals surface area contributed by atoms with Gasteiger partial charge in [0.05, 0.1) is 24.1 Å². The van der Waals surface area contributed by atoms with E-state index in [0.29, 0.717) is 42.6 Å². The van der Waals surface area contributed by atoms with Crippen LogP contribution in [0.25, 0.3) is 16.6 Å². The number of aryl methyl sites for hydroxylation is 1. The molecule has 0 spiro atoms. The molecule has 158 valence electrons. The van der Waals surface area contributed by atoms with Crippen molar-refractivity contribution in [2.24, 2.45) is 5.92 Å². The Hall–Kier alpha value is -3.68. The first kappa shape index (κ1) is 19.3. The average molecular weight is 417 g/mol. The molecule has 0 unspecified atom stereocenters. The van der Waals surface area contributed by atoms with Gasteiger partial charge in [-0.3, -0.25) is 9.59 Å². The zero-order valence-corrected chi connectivity index (χ0v) is 17.2. The number of carbonyl (C=O) groups is 1. The first-order valence-corrected chi connectivity index (χ1v) is 10.4. The van der Waals surface area contributed by atoms with Crippen molar-refractivity contribution in [3.05, 3.63) is 70.3 Å². The largest absolute Gasteiger partial charge is 0.476 e. The maximum absolute atomic E-state index is 13.1. The van der Waals surface area contributed by atoms with Crippen LogP contribution in [0.2, 0.25) is 0 Å². The summed E-state index contributed by atoms with van der Waals surface area (Å²) in [6.07, 6.45) is 3.56. The topological polar surface area (TPSA) is 92.6 Å². The van der Waals surface area contributed by atoms with Crippen LogP contribution in [0.1, 0.15) is 28.9 Å². The van der Waals surface area contributed by atoms with Gasteiger partial charge in [-0.25, -0.2) is 9.50 Å². The predicted molar refractivity (Wildman–Crippen MR) is 116 cm³/mol. The number of nitrogens with zero attached hydrogens (tertiary/aromatic N) is 4. The lowest BCUT2D eigenvalue weighted by atomic mass is 9.97. The Morgan fingerprint density at radius 1 is 1.19 bits per heavy atom. The molecule has 5 rings (SSSR count). The van der Waals surface area contributed by atoms with Crippen LogP contribution in [0.3, 0.4) is 0 Å². The summed E-state index contributed by atoms with van der Waals surface area (Å²) in [4.78, 5) is 34.1. The smallest absolute Gasteiger partial charge is 0.254 e. The number of H-pyrrole nitrogens is 1. The van der Waals surface area contributed by atoms with Crippen molar-refractivity contribution in [2.45, 2.75) is 19.8 Å². The molecular weight excluding hydrogens is 394 g/mol. The van der Waals surface area contributed by atoms with Gasteiger partial charge in [-0.15, -0.1) is 5.10 Å². The third kappa shape index (κ3) is 3.88. The predicted octanol–water partition coefficient (Wildman–Crippen LogP) is 2.81. The number of imidazole rings is 1. The molecule has 1 aliphatic heterocycles. The highest BCUT2D eigenvalue weighted by Gasteiger charge is 2.25. The van der Waals surface area contributed by atoms with E-state index in [-0.39, 0.29) is 11.5 Å². The van der Waals surface area contributed by atoms with E-state index >= 15 is 0 Å². The summed E-state index contributed by atoms with van der Waals surface area (Å²) in [6, 6.07) is 12.5. The molecule has 1 N–H and O–H groups in total. The summed E-state index contributed by atoms with van der Waals surface area (Å²) < 4.78 is 7.63. The van der Waals surface area contributed by atoms with Gasteiger partial charge in [0.15, 0.2) is 5.65 Å². The highest BCUT2D eigenvalue weighted by Crippen LogP contribution is 2.22. The van der Waals surface area contributed by atoms with Crippen molar-refractivity contribution >= 4 is 22.5 Å². The van der Waals surface area contributed by atoms with Crippen LogP contribution in [0, 0.1) is 12.8 Å². The van der Waals surface area contributed by atoms with Crippen LogP contribution in [-0.4, -0.2) is 50.1 Å². The van der Waals surface area contributed by atoms with E-state index in [9.17, 15) is 9.59 Å². The van der Waals surface area contributed by atoms with E-state index in [0.717, 1.165) is 29.6 Å². The molecule has 1 saturated heterocycles. The fourth-order valence-electron chi connectivity index (χ4n) is 4.12. The number of fused-ring (bicyclic) bond motifs is 2. The van der Waals surface area contributed by atoms with E-state index in [1.165, 1.54) is 6.07 Å². The summed E-state index contributed by atoms with van der Waals surface area (Å²) in [5.74, 6) is 0.824. The summed E-state index contributed by atoms with van der Waals surface area (Å²) in [7, 11) is 0. The average Bonchev–Trinajstić information content (AvgIpc) is 3.16. The van der Waals surface area contributed by atoms with Gasteiger partial charge < -0.3 is 14.6 Å². The molecule has 0 atom stereocenters. The molecule has 0 aliphatic carbocycles. The number of rotatable bonds is 4. The second-order valence-corrected chi connectivity index (χ2v) is 8.00. The van der Waals surface area contributed by atoms with Crippen LogP contribution >= 0.6 is 0 Å². The Bertz CT molecular complexity index is 1320. The summed E-state index contributed by atoms with van der Waals surface area (Å²) in [5, 5.41) is 5.21. The molecular formula is C23H23N5O3. The summed E-state index contributed by atoms with van der Waals surface area (Å²) in [6.45, 7) is 3.77. The van der Waals surface area contributed by atoms with Gasteiger partial charge in [-0.2, -0.15) is 0 Å². The maximum Gasteiger partial charge on any atom is 0.254 e. The summed E-state index contributed by atoms with van der Waals surface area (Å²) >= 11 is 0. The standard InChI is InChI=1S/C23H23N5O3/c1-15-13-28-20(24-15)6-7-22(26-28)31-14-16-8-10-27(11-9-16)23(30)18-12-21(29)25-19-5-3-2-4-17(18)19/h2-7,12-13,16H,8-11,14H2,1H3,(H,25,29). The van der Waals surface area contributed by atoms with Crippen molar-refractivity contribution in [3.8, 4) is 5.88 Å². The number of aromatic nitrogens is 4. The second kappa shape index (κ2) is 7.86. The number of hydrogen-bond acceptors (Lipinski definition) is 5. The number of hydrogen-bond donors (Lipinski definition) is 1. The lowest BCUT2D eigenvalue weighted by Gasteiger charge is -2.32. The van der Waals surface area contributed by atoms with Crippen LogP contribution in [0.4, 0.5) is 0 Å². The number of para-hydroxylation sites is 1. The molecule has 8 nitrogen and oxygen atoms in total. The quantitative estimate of drug-likeness (QED) is 0.551. The van der Waals surface area contributed by atoms with Gasteiger partial charge in [-0.05, 0) is 37.8 Å². The fraction of sp³-hybridized carbons (Fsp3) is 0.304. The minimum Gasteiger partial charge on any atom is -0.476 e. The second-order valence-electron chi connectivity index (χ2n) is 8.00. The molecule has 0 radical (unpaired) electrons. The van der Waals surface area contributed by atoms with Crippen molar-refractivity contribution in [3.63, 3.8) is 0 Å². The number of pyridine rings is 1. The number of aromatic amines is 1. The molecule has 8 heteroatoms. The fourth-order valence-corrected chi connectivity index (χ4v) is 4.12. The van der Waals surface area contributed by atoms with E-state index in [2.05, 4.69) is 15.1 Å². The van der Waals surface area contributed by atoms with Crippen molar-refractivity contribution in [1.29, 1.82) is 0 Å². The van der Waals surface area contributed by atoms with Crippen LogP contribution in [0.5, 0.6) is 5.88 Å². The molecule has 1 aliphatic rings. The number of piperidine rings is 1. The van der Waals surface area contributed by atoms with E-state index in [4.69, 9.17) is 4.74 Å². The van der Waals surface area contributed by atoms with Gasteiger partial charge in [0.1, 0.15) is 0 Å². The van der Waals surface area contributed by atoms with Gasteiger partial charge in [-0.1, -0.05) is 18.2 Å². The third-order valence-electron chi connectivity index (χ3n) is 5.77. The Labute approximate surface area is 178 Å². The van der Waals surface area contributed by atoms with E-state index < -0.39 is 0 Å². The normalized spacial score (nSPS) is 14.9. The minimum atomic E-state index is -0.261. The Morgan fingerprint density at radius 3 is 2.84 bits per heavy atom. The Balaban J connectivity index is 1.22. The monoisotopic (exact) mass is 417 g/mol. The molecule has 1 amide bonds. The third-order valence-corrected chi connectivity index (χ3v) is 5.77. The first-order chi connectivity index (χ1) is 15.1. The van der Waals surface area contributed by atoms with Crippen LogP contribution in [0.15, 0.2) is 53.5 Å². The lowest BCUT2D eigenvalue weighted by molar-refractivity contribution is 0.0660. The molecule has 3 aromatic heterocycles. The number of amides is 1. The summed E-state index contributed by atoms with van der Waals surface area (Å²) in [5.41, 5.74) is 2.59. The maximum atomic E-state index is 13.1. The molecule has 0 bridgehead atoms. The Morgan fingerprint density at radius 2 is 2.00 bits per heavy atom. The molecule has 31 heavy (non-hydrogen) atoms. The minimum absolute atomic E-state index is 0.0933. The Kier molecular flexibility index (Phi) is 4.89. The number of nitrogens with one attached hydrogen (secondary N) is 1. The van der Waals surface area contributed by atoms with Crippen molar-refractivity contribution in [2.75, 3.05) is 19.7 Å². The van der Waals surface area contributed by atoms with Gasteiger partial charge in [0.2, 0.25) is 11.4 Å². The van der Waals surface area contributed by atoms with E-state index in [1.54, 1.807) is 4.52 Å². The number of likely N-dealkylation sites (tertiary alicyclic amines) is 1. The lowest BCUT2D eigenvalue weighted by Crippen LogP contribution is -2.40. The zero-order chi connectivity index (χ0) is 21.4. The van der Waals surface area contributed by atoms with Gasteiger partial charge >= 0.3 is 0 Å².